The van der Waals surface area contributed by atoms with Crippen LogP contribution in [0, 0.1) is 0 Å². The van der Waals surface area contributed by atoms with Gasteiger partial charge in [0.1, 0.15) is 0 Å². The van der Waals surface area contributed by atoms with Gasteiger partial charge in [-0.2, -0.15) is 0 Å². The fraction of sp³-hybridized carbons (Fsp3) is 0.647. The molecule has 3 rings (SSSR count). The Bertz CT molecular complexity index is 433. The standard InChI is InChI=1S/C17H25NO/c1-17(10-2-3-11-19-17)16(18)15-9-5-8-14(12-15)13-6-4-7-13/h5,8-9,12-13,16H,2-4,6-7,10-11,18H2,1H3. The molecule has 1 aliphatic heterocycles. The number of nitrogens with two attached hydrogens (primary N) is 1. The van der Waals surface area contributed by atoms with Crippen molar-refractivity contribution < 1.29 is 4.74 Å². The smallest absolute Gasteiger partial charge is 0.0846 e. The van der Waals surface area contributed by atoms with Crippen molar-refractivity contribution in [2.45, 2.75) is 63.0 Å². The summed E-state index contributed by atoms with van der Waals surface area (Å²) in [7, 11) is 0. The topological polar surface area (TPSA) is 35.2 Å². The third-order valence-corrected chi connectivity index (χ3v) is 5.00. The Morgan fingerprint density at radius 3 is 2.74 bits per heavy atom. The van der Waals surface area contributed by atoms with E-state index >= 15 is 0 Å². The van der Waals surface area contributed by atoms with E-state index in [1.807, 2.05) is 0 Å². The van der Waals surface area contributed by atoms with Gasteiger partial charge in [-0.3, -0.25) is 0 Å². The summed E-state index contributed by atoms with van der Waals surface area (Å²) in [6.45, 7) is 3.03. The van der Waals surface area contributed by atoms with Crippen LogP contribution in [-0.4, -0.2) is 12.2 Å². The minimum Gasteiger partial charge on any atom is -0.373 e. The van der Waals surface area contributed by atoms with Gasteiger partial charge in [0, 0.05) is 6.61 Å². The molecule has 2 fully saturated rings. The summed E-state index contributed by atoms with van der Waals surface area (Å²) in [4.78, 5) is 0. The Hall–Kier alpha value is -0.860. The first-order valence-corrected chi connectivity index (χ1v) is 7.68. The quantitative estimate of drug-likeness (QED) is 0.893. The van der Waals surface area contributed by atoms with E-state index in [1.165, 1.54) is 43.2 Å². The highest BCUT2D eigenvalue weighted by Crippen LogP contribution is 2.39. The van der Waals surface area contributed by atoms with E-state index < -0.39 is 0 Å². The van der Waals surface area contributed by atoms with E-state index in [2.05, 4.69) is 31.2 Å². The van der Waals surface area contributed by atoms with Crippen molar-refractivity contribution in [2.24, 2.45) is 5.73 Å². The molecule has 104 valence electrons. The first-order valence-electron chi connectivity index (χ1n) is 7.68. The van der Waals surface area contributed by atoms with Crippen LogP contribution in [0.1, 0.15) is 68.5 Å². The van der Waals surface area contributed by atoms with Gasteiger partial charge in [0.2, 0.25) is 0 Å². The first-order chi connectivity index (χ1) is 9.19. The molecule has 2 unspecified atom stereocenters. The molecule has 0 spiro atoms. The second-order valence-corrected chi connectivity index (χ2v) is 6.39. The molecule has 1 aromatic carbocycles. The predicted molar refractivity (Wildman–Crippen MR) is 78.2 cm³/mol. The van der Waals surface area contributed by atoms with Gasteiger partial charge in [-0.05, 0) is 56.1 Å². The van der Waals surface area contributed by atoms with Crippen LogP contribution in [0.3, 0.4) is 0 Å². The molecule has 0 amide bonds. The highest BCUT2D eigenvalue weighted by Gasteiger charge is 2.35. The Labute approximate surface area is 116 Å². The molecule has 1 aliphatic carbocycles. The maximum Gasteiger partial charge on any atom is 0.0846 e. The Morgan fingerprint density at radius 1 is 1.26 bits per heavy atom. The van der Waals surface area contributed by atoms with Gasteiger partial charge in [-0.25, -0.2) is 0 Å². The summed E-state index contributed by atoms with van der Waals surface area (Å²) in [5.41, 5.74) is 9.04. The van der Waals surface area contributed by atoms with Gasteiger partial charge in [-0.15, -0.1) is 0 Å². The monoisotopic (exact) mass is 259 g/mol. The van der Waals surface area contributed by atoms with Crippen molar-refractivity contribution in [3.05, 3.63) is 35.4 Å². The molecule has 0 bridgehead atoms. The zero-order valence-corrected chi connectivity index (χ0v) is 11.9. The maximum atomic E-state index is 6.51. The van der Waals surface area contributed by atoms with E-state index in [1.54, 1.807) is 0 Å². The molecule has 2 aliphatic rings. The second-order valence-electron chi connectivity index (χ2n) is 6.39. The summed E-state index contributed by atoms with van der Waals surface area (Å²) >= 11 is 0. The summed E-state index contributed by atoms with van der Waals surface area (Å²) in [6, 6.07) is 8.89. The molecular formula is C17H25NO. The van der Waals surface area contributed by atoms with Crippen molar-refractivity contribution in [3.63, 3.8) is 0 Å². The van der Waals surface area contributed by atoms with Crippen LogP contribution in [0.5, 0.6) is 0 Å². The highest BCUT2D eigenvalue weighted by atomic mass is 16.5. The number of rotatable bonds is 3. The van der Waals surface area contributed by atoms with E-state index in [0.717, 1.165) is 18.9 Å². The lowest BCUT2D eigenvalue weighted by Gasteiger charge is -2.39. The Kier molecular flexibility index (Phi) is 3.64. The van der Waals surface area contributed by atoms with Crippen molar-refractivity contribution in [3.8, 4) is 0 Å². The van der Waals surface area contributed by atoms with Crippen molar-refractivity contribution >= 4 is 0 Å². The average Bonchev–Trinajstić information content (AvgIpc) is 2.37. The molecule has 0 radical (unpaired) electrons. The number of ether oxygens (including phenoxy) is 1. The van der Waals surface area contributed by atoms with Gasteiger partial charge in [0.15, 0.2) is 0 Å². The minimum absolute atomic E-state index is 0.00664. The molecule has 2 nitrogen and oxygen atoms in total. The zero-order chi connectivity index (χ0) is 13.3. The molecule has 2 atom stereocenters. The maximum absolute atomic E-state index is 6.51. The summed E-state index contributed by atoms with van der Waals surface area (Å²) in [6.07, 6.45) is 7.53. The lowest BCUT2D eigenvalue weighted by atomic mass is 9.78. The van der Waals surface area contributed by atoms with Gasteiger partial charge in [-0.1, -0.05) is 30.7 Å². The molecule has 2 N–H and O–H groups in total. The van der Waals surface area contributed by atoms with Gasteiger partial charge >= 0.3 is 0 Å². The predicted octanol–water partition coefficient (Wildman–Crippen LogP) is 3.91. The molecule has 1 aromatic rings. The van der Waals surface area contributed by atoms with E-state index in [9.17, 15) is 0 Å². The molecular weight excluding hydrogens is 234 g/mol. The number of hydrogen-bond acceptors (Lipinski definition) is 2. The van der Waals surface area contributed by atoms with Crippen molar-refractivity contribution in [1.29, 1.82) is 0 Å². The lowest BCUT2D eigenvalue weighted by molar-refractivity contribution is -0.0820. The van der Waals surface area contributed by atoms with Crippen LogP contribution in [0.25, 0.3) is 0 Å². The van der Waals surface area contributed by atoms with Crippen LogP contribution in [0.2, 0.25) is 0 Å². The summed E-state index contributed by atoms with van der Waals surface area (Å²) < 4.78 is 6.00. The van der Waals surface area contributed by atoms with E-state index in [4.69, 9.17) is 10.5 Å². The molecule has 1 saturated carbocycles. The van der Waals surface area contributed by atoms with Crippen LogP contribution in [-0.2, 0) is 4.74 Å². The first kappa shape index (κ1) is 13.1. The number of hydrogen-bond donors (Lipinski definition) is 1. The minimum atomic E-state index is -0.184. The Morgan fingerprint density at radius 2 is 2.11 bits per heavy atom. The Balaban J connectivity index is 1.80. The van der Waals surface area contributed by atoms with E-state index in [-0.39, 0.29) is 11.6 Å². The molecule has 19 heavy (non-hydrogen) atoms. The summed E-state index contributed by atoms with van der Waals surface area (Å²) in [5, 5.41) is 0. The normalized spacial score (nSPS) is 29.8. The fourth-order valence-corrected chi connectivity index (χ4v) is 3.30. The van der Waals surface area contributed by atoms with Crippen LogP contribution in [0.4, 0.5) is 0 Å². The zero-order valence-electron chi connectivity index (χ0n) is 11.9. The van der Waals surface area contributed by atoms with E-state index in [0.29, 0.717) is 0 Å². The fourth-order valence-electron chi connectivity index (χ4n) is 3.30. The van der Waals surface area contributed by atoms with Crippen molar-refractivity contribution in [2.75, 3.05) is 6.61 Å². The lowest BCUT2D eigenvalue weighted by Crippen LogP contribution is -2.43. The largest absolute Gasteiger partial charge is 0.373 e. The average molecular weight is 259 g/mol. The molecule has 1 heterocycles. The highest BCUT2D eigenvalue weighted by molar-refractivity contribution is 5.31. The SMILES string of the molecule is CC1(C(N)c2cccc(C3CCC3)c2)CCCCO1. The van der Waals surface area contributed by atoms with Crippen LogP contribution in [0.15, 0.2) is 24.3 Å². The molecule has 1 saturated heterocycles. The van der Waals surface area contributed by atoms with Crippen LogP contribution < -0.4 is 5.73 Å². The number of benzene rings is 1. The third kappa shape index (κ3) is 2.56. The van der Waals surface area contributed by atoms with Gasteiger partial charge in [0.25, 0.3) is 0 Å². The molecule has 2 heteroatoms. The van der Waals surface area contributed by atoms with Crippen LogP contribution >= 0.6 is 0 Å². The molecule has 0 aromatic heterocycles. The van der Waals surface area contributed by atoms with Gasteiger partial charge < -0.3 is 10.5 Å². The van der Waals surface area contributed by atoms with Crippen molar-refractivity contribution in [1.82, 2.24) is 0 Å². The van der Waals surface area contributed by atoms with Gasteiger partial charge in [0.05, 0.1) is 11.6 Å². The third-order valence-electron chi connectivity index (χ3n) is 5.00. The summed E-state index contributed by atoms with van der Waals surface area (Å²) in [5.74, 6) is 0.771. The second kappa shape index (κ2) is 5.26.